The minimum Gasteiger partial charge on any atom is -0.460 e. The second-order valence-electron chi connectivity index (χ2n) is 5.40. The van der Waals surface area contributed by atoms with Gasteiger partial charge in [-0.05, 0) is 38.0 Å². The van der Waals surface area contributed by atoms with Crippen LogP contribution in [0.15, 0.2) is 34.3 Å². The number of nitrogens with zero attached hydrogens (tertiary/aromatic N) is 2. The lowest BCUT2D eigenvalue weighted by Gasteiger charge is -2.07. The molecule has 0 aliphatic carbocycles. The van der Waals surface area contributed by atoms with Gasteiger partial charge in [-0.2, -0.15) is 0 Å². The minimum atomic E-state index is -0.108. The van der Waals surface area contributed by atoms with E-state index in [1.807, 2.05) is 25.5 Å². The van der Waals surface area contributed by atoms with Crippen molar-refractivity contribution in [2.24, 2.45) is 0 Å². The molecule has 2 N–H and O–H groups in total. The van der Waals surface area contributed by atoms with Crippen molar-refractivity contribution in [3.63, 3.8) is 0 Å². The van der Waals surface area contributed by atoms with Crippen LogP contribution in [-0.4, -0.2) is 36.3 Å². The van der Waals surface area contributed by atoms with Crippen LogP contribution in [0.5, 0.6) is 0 Å². The van der Waals surface area contributed by atoms with E-state index in [1.165, 1.54) is 11.3 Å². The first-order valence-electron chi connectivity index (χ1n) is 6.96. The van der Waals surface area contributed by atoms with Crippen LogP contribution in [0.2, 0.25) is 0 Å². The van der Waals surface area contributed by atoms with Crippen LogP contribution in [0.3, 0.4) is 0 Å². The molecule has 0 aromatic carbocycles. The molecule has 3 heterocycles. The van der Waals surface area contributed by atoms with E-state index >= 15 is 0 Å². The monoisotopic (exact) mass is 315 g/mol. The number of pyridine rings is 1. The number of fused-ring (bicyclic) bond motifs is 1. The molecule has 6 heteroatoms. The zero-order valence-corrected chi connectivity index (χ0v) is 13.3. The summed E-state index contributed by atoms with van der Waals surface area (Å²) in [5, 5.41) is 1.87. The van der Waals surface area contributed by atoms with Gasteiger partial charge in [0, 0.05) is 12.1 Å². The van der Waals surface area contributed by atoms with Crippen molar-refractivity contribution in [1.82, 2.24) is 9.88 Å². The van der Waals surface area contributed by atoms with Crippen molar-refractivity contribution in [3.05, 3.63) is 46.0 Å². The maximum Gasteiger partial charge on any atom is 0.221 e. The van der Waals surface area contributed by atoms with Crippen LogP contribution in [0.1, 0.15) is 20.9 Å². The fourth-order valence-electron chi connectivity index (χ4n) is 2.25. The molecule has 0 bridgehead atoms. The number of furan rings is 1. The lowest BCUT2D eigenvalue weighted by molar-refractivity contribution is 0.103. The molecule has 0 saturated heterocycles. The second kappa shape index (κ2) is 5.90. The molecule has 3 rings (SSSR count). The van der Waals surface area contributed by atoms with Crippen LogP contribution in [-0.2, 0) is 6.42 Å². The normalized spacial score (nSPS) is 11.4. The number of nitrogen functional groups attached to an aromatic ring is 1. The fraction of sp³-hybridized carbons (Fsp3) is 0.250. The average molecular weight is 315 g/mol. The maximum absolute atomic E-state index is 12.5. The van der Waals surface area contributed by atoms with E-state index in [0.717, 1.165) is 18.5 Å². The number of rotatable bonds is 5. The van der Waals surface area contributed by atoms with Gasteiger partial charge in [-0.3, -0.25) is 4.79 Å². The Morgan fingerprint density at radius 2 is 2.27 bits per heavy atom. The number of aromatic nitrogens is 1. The molecule has 0 amide bonds. The summed E-state index contributed by atoms with van der Waals surface area (Å²) in [4.78, 5) is 19.7. The first-order chi connectivity index (χ1) is 10.6. The predicted molar refractivity (Wildman–Crippen MR) is 88.4 cm³/mol. The molecule has 0 aliphatic rings. The summed E-state index contributed by atoms with van der Waals surface area (Å²) in [5.74, 6) is -0.108. The van der Waals surface area contributed by atoms with E-state index in [-0.39, 0.29) is 5.78 Å². The summed E-state index contributed by atoms with van der Waals surface area (Å²) in [5.41, 5.74) is 9.03. The number of anilines is 1. The largest absolute Gasteiger partial charge is 0.460 e. The number of likely N-dealkylation sites (N-methyl/N-ethyl adjacent to an activating group) is 1. The Morgan fingerprint density at radius 1 is 1.45 bits per heavy atom. The van der Waals surface area contributed by atoms with Gasteiger partial charge in [0.2, 0.25) is 5.78 Å². The Bertz CT molecular complexity index is 806. The zero-order valence-electron chi connectivity index (χ0n) is 12.5. The van der Waals surface area contributed by atoms with Crippen LogP contribution in [0.25, 0.3) is 11.1 Å². The van der Waals surface area contributed by atoms with Crippen molar-refractivity contribution in [2.75, 3.05) is 26.4 Å². The molecule has 22 heavy (non-hydrogen) atoms. The number of carbonyl (C=O) groups is 1. The van der Waals surface area contributed by atoms with E-state index in [0.29, 0.717) is 27.4 Å². The fourth-order valence-corrected chi connectivity index (χ4v) is 2.92. The molecule has 0 saturated carbocycles. The summed E-state index contributed by atoms with van der Waals surface area (Å²) in [6.45, 7) is 0.874. The number of hydrogen-bond donors (Lipinski definition) is 1. The number of nitrogens with two attached hydrogens (primary N) is 1. The Kier molecular flexibility index (Phi) is 3.96. The van der Waals surface area contributed by atoms with E-state index in [4.69, 9.17) is 10.2 Å². The lowest BCUT2D eigenvalue weighted by Crippen LogP contribution is -2.15. The Hall–Kier alpha value is -2.18. The summed E-state index contributed by atoms with van der Waals surface area (Å²) in [7, 11) is 4.02. The molecule has 0 aliphatic heterocycles. The van der Waals surface area contributed by atoms with Crippen LogP contribution < -0.4 is 5.73 Å². The van der Waals surface area contributed by atoms with Gasteiger partial charge in [-0.1, -0.05) is 6.07 Å². The van der Waals surface area contributed by atoms with Crippen molar-refractivity contribution in [3.8, 4) is 0 Å². The molecule has 3 aromatic heterocycles. The Morgan fingerprint density at radius 3 is 2.95 bits per heavy atom. The molecule has 0 radical (unpaired) electrons. The first kappa shape index (κ1) is 14.7. The van der Waals surface area contributed by atoms with E-state index in [1.54, 1.807) is 18.4 Å². The highest BCUT2D eigenvalue weighted by Crippen LogP contribution is 2.27. The molecular weight excluding hydrogens is 298 g/mol. The van der Waals surface area contributed by atoms with Gasteiger partial charge in [0.05, 0.1) is 16.8 Å². The minimum absolute atomic E-state index is 0.108. The van der Waals surface area contributed by atoms with Crippen LogP contribution >= 0.6 is 11.3 Å². The van der Waals surface area contributed by atoms with E-state index in [9.17, 15) is 4.79 Å². The highest BCUT2D eigenvalue weighted by molar-refractivity contribution is 7.12. The molecule has 0 fully saturated rings. The third-order valence-electron chi connectivity index (χ3n) is 3.43. The molecule has 0 atom stereocenters. The maximum atomic E-state index is 12.5. The highest BCUT2D eigenvalue weighted by atomic mass is 32.1. The van der Waals surface area contributed by atoms with Gasteiger partial charge in [-0.15, -0.1) is 11.3 Å². The average Bonchev–Trinajstić information content (AvgIpc) is 3.14. The van der Waals surface area contributed by atoms with E-state index < -0.39 is 0 Å². The molecule has 3 aromatic rings. The number of ketones is 1. The summed E-state index contributed by atoms with van der Waals surface area (Å²) < 4.78 is 5.52. The number of carbonyl (C=O) groups excluding carboxylic acids is 1. The first-order valence-corrected chi connectivity index (χ1v) is 7.83. The summed E-state index contributed by atoms with van der Waals surface area (Å²) in [6, 6.07) is 5.22. The molecular formula is C16H17N3O2S. The molecule has 0 unspecified atom stereocenters. The SMILES string of the molecule is CN(C)CCc1coc2c(N)cc(C(=O)c3cccs3)nc12. The van der Waals surface area contributed by atoms with Gasteiger partial charge in [0.1, 0.15) is 11.2 Å². The van der Waals surface area contributed by atoms with Crippen molar-refractivity contribution >= 4 is 33.9 Å². The highest BCUT2D eigenvalue weighted by Gasteiger charge is 2.17. The Balaban J connectivity index is 2.02. The van der Waals surface area contributed by atoms with Crippen molar-refractivity contribution in [1.29, 1.82) is 0 Å². The van der Waals surface area contributed by atoms with E-state index in [2.05, 4.69) is 9.88 Å². The number of hydrogen-bond acceptors (Lipinski definition) is 6. The van der Waals surface area contributed by atoms with Crippen molar-refractivity contribution in [2.45, 2.75) is 6.42 Å². The Labute approximate surface area is 132 Å². The van der Waals surface area contributed by atoms with Crippen LogP contribution in [0, 0.1) is 0 Å². The third kappa shape index (κ3) is 2.75. The zero-order chi connectivity index (χ0) is 15.7. The lowest BCUT2D eigenvalue weighted by atomic mass is 10.1. The summed E-state index contributed by atoms with van der Waals surface area (Å²) >= 11 is 1.40. The quantitative estimate of drug-likeness (QED) is 0.733. The molecule has 114 valence electrons. The predicted octanol–water partition coefficient (Wildman–Crippen LogP) is 2.81. The van der Waals surface area contributed by atoms with Gasteiger partial charge in [0.15, 0.2) is 5.58 Å². The second-order valence-corrected chi connectivity index (χ2v) is 6.34. The number of thiophene rings is 1. The van der Waals surface area contributed by atoms with Crippen LogP contribution in [0.4, 0.5) is 5.69 Å². The van der Waals surface area contributed by atoms with Gasteiger partial charge < -0.3 is 15.1 Å². The van der Waals surface area contributed by atoms with Gasteiger partial charge in [-0.25, -0.2) is 4.98 Å². The molecule has 0 spiro atoms. The summed E-state index contributed by atoms with van der Waals surface area (Å²) in [6.07, 6.45) is 2.47. The third-order valence-corrected chi connectivity index (χ3v) is 4.30. The van der Waals surface area contributed by atoms with Gasteiger partial charge >= 0.3 is 0 Å². The molecule has 5 nitrogen and oxygen atoms in total. The van der Waals surface area contributed by atoms with Gasteiger partial charge in [0.25, 0.3) is 0 Å². The smallest absolute Gasteiger partial charge is 0.221 e. The van der Waals surface area contributed by atoms with Crippen molar-refractivity contribution < 1.29 is 9.21 Å². The standard InChI is InChI=1S/C16H17N3O2S/c1-19(2)6-5-10-9-21-16-11(17)8-12(18-14(10)16)15(20)13-4-3-7-22-13/h3-4,7-9H,5-6H2,1-2H3,(H2,17,18). The topological polar surface area (TPSA) is 72.4 Å².